The fourth-order valence-electron chi connectivity index (χ4n) is 2.88. The molecule has 1 amide bonds. The van der Waals surface area contributed by atoms with Gasteiger partial charge in [-0.2, -0.15) is 0 Å². The van der Waals surface area contributed by atoms with Gasteiger partial charge in [0.05, 0.1) is 14.2 Å². The molecule has 3 rings (SSSR count). The maximum atomic E-state index is 12.5. The molecule has 0 saturated heterocycles. The normalized spacial score (nSPS) is 10.3. The fourth-order valence-corrected chi connectivity index (χ4v) is 3.97. The molecule has 0 aliphatic rings. The van der Waals surface area contributed by atoms with Gasteiger partial charge in [-0.3, -0.25) is 4.79 Å². The Hall–Kier alpha value is -3.32. The van der Waals surface area contributed by atoms with Crippen molar-refractivity contribution < 1.29 is 23.8 Å². The lowest BCUT2D eigenvalue weighted by molar-refractivity contribution is -0.118. The van der Waals surface area contributed by atoms with Gasteiger partial charge >= 0.3 is 5.97 Å². The highest BCUT2D eigenvalue weighted by molar-refractivity contribution is 7.17. The summed E-state index contributed by atoms with van der Waals surface area (Å²) in [7, 11) is 2.88. The first-order valence-electron chi connectivity index (χ1n) is 8.87. The second-order valence-electron chi connectivity index (χ2n) is 6.11. The molecule has 0 aliphatic heterocycles. The first-order valence-corrected chi connectivity index (χ1v) is 9.69. The second kappa shape index (κ2) is 9.25. The highest BCUT2D eigenvalue weighted by Gasteiger charge is 2.25. The third kappa shape index (κ3) is 4.75. The largest absolute Gasteiger partial charge is 0.497 e. The molecule has 1 N–H and O–H groups in total. The Morgan fingerprint density at radius 2 is 1.72 bits per heavy atom. The standard InChI is InChI=1S/C22H21NO5S/c1-14-19(15-8-5-4-6-9-15)20(22(25)27-3)21(29-14)23-18(24)13-28-17-11-7-10-16(12-17)26-2/h4-12H,13H2,1-3H3,(H,23,24). The van der Waals surface area contributed by atoms with Gasteiger partial charge in [-0.05, 0) is 24.6 Å². The summed E-state index contributed by atoms with van der Waals surface area (Å²) in [6.45, 7) is 1.70. The van der Waals surface area contributed by atoms with Crippen LogP contribution in [-0.2, 0) is 9.53 Å². The van der Waals surface area contributed by atoms with Gasteiger partial charge in [-0.15, -0.1) is 11.3 Å². The number of thiophene rings is 1. The Balaban J connectivity index is 1.81. The summed E-state index contributed by atoms with van der Waals surface area (Å²) >= 11 is 1.33. The Kier molecular flexibility index (Phi) is 6.51. The van der Waals surface area contributed by atoms with E-state index in [0.717, 1.165) is 16.0 Å². The van der Waals surface area contributed by atoms with Gasteiger partial charge in [0.2, 0.25) is 0 Å². The Labute approximate surface area is 173 Å². The van der Waals surface area contributed by atoms with Crippen molar-refractivity contribution in [2.45, 2.75) is 6.92 Å². The minimum absolute atomic E-state index is 0.203. The summed E-state index contributed by atoms with van der Waals surface area (Å²) in [5.41, 5.74) is 1.98. The lowest BCUT2D eigenvalue weighted by Gasteiger charge is -2.09. The molecule has 3 aromatic rings. The average Bonchev–Trinajstić information content (AvgIpc) is 3.07. The topological polar surface area (TPSA) is 73.9 Å². The summed E-state index contributed by atoms with van der Waals surface area (Å²) < 4.78 is 15.6. The summed E-state index contributed by atoms with van der Waals surface area (Å²) in [5, 5.41) is 3.22. The molecule has 0 aliphatic carbocycles. The smallest absolute Gasteiger partial charge is 0.341 e. The molecule has 0 unspecified atom stereocenters. The van der Waals surface area contributed by atoms with Gasteiger partial charge in [0.1, 0.15) is 22.1 Å². The number of rotatable bonds is 7. The van der Waals surface area contributed by atoms with Crippen LogP contribution in [0.3, 0.4) is 0 Å². The number of carbonyl (C=O) groups is 2. The van der Waals surface area contributed by atoms with Crippen LogP contribution in [0.1, 0.15) is 15.2 Å². The van der Waals surface area contributed by atoms with Crippen molar-refractivity contribution in [2.24, 2.45) is 0 Å². The van der Waals surface area contributed by atoms with E-state index in [1.54, 1.807) is 31.4 Å². The number of ether oxygens (including phenoxy) is 3. The van der Waals surface area contributed by atoms with E-state index in [1.807, 2.05) is 37.3 Å². The number of anilines is 1. The third-order valence-electron chi connectivity index (χ3n) is 4.20. The number of hydrogen-bond acceptors (Lipinski definition) is 6. The van der Waals surface area contributed by atoms with Gasteiger partial charge in [0.25, 0.3) is 5.91 Å². The van der Waals surface area contributed by atoms with Crippen molar-refractivity contribution in [3.63, 3.8) is 0 Å². The number of amides is 1. The second-order valence-corrected chi connectivity index (χ2v) is 7.34. The zero-order valence-electron chi connectivity index (χ0n) is 16.4. The molecular weight excluding hydrogens is 390 g/mol. The Morgan fingerprint density at radius 3 is 2.41 bits per heavy atom. The van der Waals surface area contributed by atoms with Crippen molar-refractivity contribution in [2.75, 3.05) is 26.1 Å². The molecule has 1 heterocycles. The predicted octanol–water partition coefficient (Wildman–Crippen LogP) is 4.54. The maximum absolute atomic E-state index is 12.5. The van der Waals surface area contributed by atoms with E-state index in [9.17, 15) is 9.59 Å². The van der Waals surface area contributed by atoms with Crippen molar-refractivity contribution in [3.8, 4) is 22.6 Å². The fraction of sp³-hybridized carbons (Fsp3) is 0.182. The molecule has 0 radical (unpaired) electrons. The number of nitrogens with one attached hydrogen (secondary N) is 1. The SMILES string of the molecule is COC(=O)c1c(NC(=O)COc2cccc(OC)c2)sc(C)c1-c1ccccc1. The minimum atomic E-state index is -0.503. The Morgan fingerprint density at radius 1 is 1.00 bits per heavy atom. The number of hydrogen-bond donors (Lipinski definition) is 1. The molecule has 0 saturated carbocycles. The van der Waals surface area contributed by atoms with Gasteiger partial charge < -0.3 is 19.5 Å². The van der Waals surface area contributed by atoms with Crippen LogP contribution in [-0.4, -0.2) is 32.7 Å². The zero-order chi connectivity index (χ0) is 20.8. The summed E-state index contributed by atoms with van der Waals surface area (Å²) in [4.78, 5) is 25.8. The van der Waals surface area contributed by atoms with E-state index < -0.39 is 5.97 Å². The molecule has 0 fully saturated rings. The number of carbonyl (C=O) groups excluding carboxylic acids is 2. The summed E-state index contributed by atoms with van der Waals surface area (Å²) in [5.74, 6) is 0.272. The molecule has 0 spiro atoms. The van der Waals surface area contributed by atoms with Crippen molar-refractivity contribution in [3.05, 3.63) is 65.0 Å². The van der Waals surface area contributed by atoms with Crippen LogP contribution < -0.4 is 14.8 Å². The maximum Gasteiger partial charge on any atom is 0.341 e. The van der Waals surface area contributed by atoms with Gasteiger partial charge in [-0.1, -0.05) is 36.4 Å². The predicted molar refractivity (Wildman–Crippen MR) is 113 cm³/mol. The average molecular weight is 411 g/mol. The molecule has 6 nitrogen and oxygen atoms in total. The van der Waals surface area contributed by atoms with Crippen LogP contribution in [0.15, 0.2) is 54.6 Å². The lowest BCUT2D eigenvalue weighted by atomic mass is 10.0. The minimum Gasteiger partial charge on any atom is -0.497 e. The van der Waals surface area contributed by atoms with Crippen LogP contribution in [0.5, 0.6) is 11.5 Å². The van der Waals surface area contributed by atoms with Crippen LogP contribution in [0, 0.1) is 6.92 Å². The van der Waals surface area contributed by atoms with Gasteiger partial charge in [0, 0.05) is 16.5 Å². The van der Waals surface area contributed by atoms with Crippen molar-refractivity contribution in [1.29, 1.82) is 0 Å². The lowest BCUT2D eigenvalue weighted by Crippen LogP contribution is -2.21. The van der Waals surface area contributed by atoms with E-state index in [0.29, 0.717) is 22.1 Å². The molecule has 1 aromatic heterocycles. The van der Waals surface area contributed by atoms with E-state index in [-0.39, 0.29) is 12.5 Å². The zero-order valence-corrected chi connectivity index (χ0v) is 17.2. The van der Waals surface area contributed by atoms with Crippen molar-refractivity contribution >= 4 is 28.2 Å². The number of methoxy groups -OCH3 is 2. The quantitative estimate of drug-likeness (QED) is 0.578. The molecule has 0 atom stereocenters. The number of aryl methyl sites for hydroxylation is 1. The Bertz CT molecular complexity index is 1010. The van der Waals surface area contributed by atoms with E-state index in [4.69, 9.17) is 14.2 Å². The van der Waals surface area contributed by atoms with Crippen LogP contribution in [0.4, 0.5) is 5.00 Å². The van der Waals surface area contributed by atoms with E-state index in [2.05, 4.69) is 5.32 Å². The first kappa shape index (κ1) is 20.4. The van der Waals surface area contributed by atoms with Crippen molar-refractivity contribution in [1.82, 2.24) is 0 Å². The number of esters is 1. The molecule has 2 aromatic carbocycles. The molecule has 7 heteroatoms. The molecule has 29 heavy (non-hydrogen) atoms. The van der Waals surface area contributed by atoms with Gasteiger partial charge in [0.15, 0.2) is 6.61 Å². The molecule has 0 bridgehead atoms. The van der Waals surface area contributed by atoms with E-state index >= 15 is 0 Å². The first-order chi connectivity index (χ1) is 14.0. The molecular formula is C22H21NO5S. The molecule has 150 valence electrons. The highest BCUT2D eigenvalue weighted by Crippen LogP contribution is 2.40. The number of benzene rings is 2. The van der Waals surface area contributed by atoms with E-state index in [1.165, 1.54) is 18.4 Å². The monoisotopic (exact) mass is 411 g/mol. The van der Waals surface area contributed by atoms with Crippen LogP contribution in [0.2, 0.25) is 0 Å². The third-order valence-corrected chi connectivity index (χ3v) is 5.22. The van der Waals surface area contributed by atoms with Crippen LogP contribution in [0.25, 0.3) is 11.1 Å². The van der Waals surface area contributed by atoms with Gasteiger partial charge in [-0.25, -0.2) is 4.79 Å². The van der Waals surface area contributed by atoms with Crippen LogP contribution >= 0.6 is 11.3 Å². The highest BCUT2D eigenvalue weighted by atomic mass is 32.1. The summed E-state index contributed by atoms with van der Waals surface area (Å²) in [6.07, 6.45) is 0. The summed E-state index contributed by atoms with van der Waals surface area (Å²) in [6, 6.07) is 16.5.